The van der Waals surface area contributed by atoms with Crippen LogP contribution in [0.25, 0.3) is 0 Å². The summed E-state index contributed by atoms with van der Waals surface area (Å²) in [7, 11) is 2.06. The van der Waals surface area contributed by atoms with Gasteiger partial charge in [-0.2, -0.15) is 0 Å². The van der Waals surface area contributed by atoms with Crippen LogP contribution in [0.4, 0.5) is 5.69 Å². The van der Waals surface area contributed by atoms with E-state index in [4.69, 9.17) is 0 Å². The molecule has 134 valence electrons. The summed E-state index contributed by atoms with van der Waals surface area (Å²) >= 11 is 0. The van der Waals surface area contributed by atoms with Gasteiger partial charge < -0.3 is 10.6 Å². The van der Waals surface area contributed by atoms with Gasteiger partial charge in [0.25, 0.3) is 0 Å². The molecule has 0 fully saturated rings. The first-order chi connectivity index (χ1) is 12.3. The second-order valence-corrected chi connectivity index (χ2v) is 6.74. The summed E-state index contributed by atoms with van der Waals surface area (Å²) in [6, 6.07) is 28.8. The zero-order valence-electron chi connectivity index (χ0n) is 15.0. The quantitative estimate of drug-likeness (QED) is 0.666. The number of anilines is 1. The van der Waals surface area contributed by atoms with Gasteiger partial charge in [0.05, 0.1) is 6.04 Å². The summed E-state index contributed by atoms with van der Waals surface area (Å²) in [5.41, 5.74) is 6.77. The lowest BCUT2D eigenvalue weighted by Crippen LogP contribution is -2.33. The van der Waals surface area contributed by atoms with Gasteiger partial charge in [0, 0.05) is 11.7 Å². The number of benzene rings is 3. The van der Waals surface area contributed by atoms with Gasteiger partial charge in [-0.15, -0.1) is 12.4 Å². The molecule has 26 heavy (non-hydrogen) atoms. The van der Waals surface area contributed by atoms with Crippen molar-refractivity contribution in [1.82, 2.24) is 5.32 Å². The first kappa shape index (κ1) is 18.5. The highest BCUT2D eigenvalue weighted by Crippen LogP contribution is 2.35. The maximum atomic E-state index is 3.82. The van der Waals surface area contributed by atoms with Crippen molar-refractivity contribution in [2.24, 2.45) is 0 Å². The number of likely N-dealkylation sites (N-methyl/N-ethyl adjacent to an activating group) is 1. The van der Waals surface area contributed by atoms with Crippen molar-refractivity contribution in [2.45, 2.75) is 24.9 Å². The Morgan fingerprint density at radius 3 is 2.35 bits per heavy atom. The number of para-hydroxylation sites is 1. The van der Waals surface area contributed by atoms with Gasteiger partial charge in [0.1, 0.15) is 0 Å². The van der Waals surface area contributed by atoms with Crippen LogP contribution in [0, 0.1) is 0 Å². The van der Waals surface area contributed by atoms with Crippen molar-refractivity contribution in [1.29, 1.82) is 0 Å². The molecular weight excluding hydrogens is 340 g/mol. The largest absolute Gasteiger partial charge is 0.376 e. The van der Waals surface area contributed by atoms with Crippen molar-refractivity contribution < 1.29 is 0 Å². The smallest absolute Gasteiger partial charge is 0.0672 e. The fraction of sp³-hybridized carbons (Fsp3) is 0.217. The van der Waals surface area contributed by atoms with Crippen molar-refractivity contribution in [2.75, 3.05) is 12.4 Å². The Hall–Kier alpha value is -2.29. The fourth-order valence-electron chi connectivity index (χ4n) is 3.84. The van der Waals surface area contributed by atoms with Crippen molar-refractivity contribution >= 4 is 18.1 Å². The lowest BCUT2D eigenvalue weighted by atomic mass is 10.0. The van der Waals surface area contributed by atoms with E-state index in [1.807, 2.05) is 0 Å². The van der Waals surface area contributed by atoms with E-state index in [2.05, 4.69) is 96.5 Å². The molecule has 2 N–H and O–H groups in total. The monoisotopic (exact) mass is 364 g/mol. The molecule has 3 heteroatoms. The molecule has 2 unspecified atom stereocenters. The first-order valence-corrected chi connectivity index (χ1v) is 8.98. The zero-order valence-corrected chi connectivity index (χ0v) is 15.8. The van der Waals surface area contributed by atoms with Crippen molar-refractivity contribution in [3.05, 3.63) is 101 Å². The molecular formula is C23H25ClN2. The van der Waals surface area contributed by atoms with Crippen LogP contribution in [0.1, 0.15) is 28.3 Å². The topological polar surface area (TPSA) is 24.1 Å². The molecule has 2 nitrogen and oxygen atoms in total. The van der Waals surface area contributed by atoms with Gasteiger partial charge in [0.2, 0.25) is 0 Å². The van der Waals surface area contributed by atoms with E-state index in [0.29, 0.717) is 12.1 Å². The lowest BCUT2D eigenvalue weighted by Gasteiger charge is -2.24. The summed E-state index contributed by atoms with van der Waals surface area (Å²) in [6.07, 6.45) is 2.02. The SMILES string of the molecule is CNC1Cc2ccccc2C1Nc1ccccc1Cc1ccccc1.Cl. The number of rotatable bonds is 5. The molecule has 4 rings (SSSR count). The van der Waals surface area contributed by atoms with Gasteiger partial charge in [0.15, 0.2) is 0 Å². The van der Waals surface area contributed by atoms with Gasteiger partial charge >= 0.3 is 0 Å². The predicted molar refractivity (Wildman–Crippen MR) is 112 cm³/mol. The molecule has 0 aromatic heterocycles. The van der Waals surface area contributed by atoms with Crippen LogP contribution in [-0.4, -0.2) is 13.1 Å². The molecule has 1 aliphatic carbocycles. The Morgan fingerprint density at radius 2 is 1.54 bits per heavy atom. The Morgan fingerprint density at radius 1 is 0.846 bits per heavy atom. The van der Waals surface area contributed by atoms with Crippen LogP contribution < -0.4 is 10.6 Å². The minimum atomic E-state index is 0. The molecule has 0 aliphatic heterocycles. The lowest BCUT2D eigenvalue weighted by molar-refractivity contribution is 0.529. The number of hydrogen-bond donors (Lipinski definition) is 2. The minimum Gasteiger partial charge on any atom is -0.376 e. The van der Waals surface area contributed by atoms with Crippen LogP contribution in [0.2, 0.25) is 0 Å². The average molecular weight is 365 g/mol. The Balaban J connectivity index is 0.00000196. The van der Waals surface area contributed by atoms with Crippen LogP contribution in [0.5, 0.6) is 0 Å². The van der Waals surface area contributed by atoms with E-state index in [-0.39, 0.29) is 12.4 Å². The Labute approximate surface area is 162 Å². The van der Waals surface area contributed by atoms with E-state index in [0.717, 1.165) is 12.8 Å². The molecule has 0 saturated heterocycles. The Bertz CT molecular complexity index is 848. The highest BCUT2D eigenvalue weighted by atomic mass is 35.5. The standard InChI is InChI=1S/C23H24N2.ClH/c1-24-22-16-18-11-5-7-13-20(18)23(22)25-21-14-8-6-12-19(21)15-17-9-3-2-4-10-17;/h2-14,22-25H,15-16H2,1H3;1H. The van der Waals surface area contributed by atoms with E-state index in [9.17, 15) is 0 Å². The summed E-state index contributed by atoms with van der Waals surface area (Å²) in [5, 5.41) is 7.31. The van der Waals surface area contributed by atoms with Crippen LogP contribution >= 0.6 is 12.4 Å². The number of nitrogens with one attached hydrogen (secondary N) is 2. The fourth-order valence-corrected chi connectivity index (χ4v) is 3.84. The second-order valence-electron chi connectivity index (χ2n) is 6.74. The van der Waals surface area contributed by atoms with Crippen LogP contribution in [0.3, 0.4) is 0 Å². The zero-order chi connectivity index (χ0) is 17.1. The minimum absolute atomic E-state index is 0. The van der Waals surface area contributed by atoms with Gasteiger partial charge in [-0.25, -0.2) is 0 Å². The molecule has 3 aromatic rings. The highest BCUT2D eigenvalue weighted by molar-refractivity contribution is 5.85. The molecule has 0 heterocycles. The maximum absolute atomic E-state index is 3.82. The molecule has 0 amide bonds. The normalized spacial score (nSPS) is 18.0. The molecule has 0 radical (unpaired) electrons. The summed E-state index contributed by atoms with van der Waals surface area (Å²) in [5.74, 6) is 0. The van der Waals surface area contributed by atoms with E-state index < -0.39 is 0 Å². The van der Waals surface area contributed by atoms with E-state index in [1.165, 1.54) is 27.9 Å². The number of halogens is 1. The molecule has 0 bridgehead atoms. The molecule has 0 saturated carbocycles. The molecule has 0 spiro atoms. The molecule has 1 aliphatic rings. The highest BCUT2D eigenvalue weighted by Gasteiger charge is 2.31. The summed E-state index contributed by atoms with van der Waals surface area (Å²) in [4.78, 5) is 0. The summed E-state index contributed by atoms with van der Waals surface area (Å²) < 4.78 is 0. The van der Waals surface area contributed by atoms with Gasteiger partial charge in [-0.05, 0) is 48.2 Å². The second kappa shape index (κ2) is 8.39. The first-order valence-electron chi connectivity index (χ1n) is 8.98. The third-order valence-corrected chi connectivity index (χ3v) is 5.17. The van der Waals surface area contributed by atoms with E-state index >= 15 is 0 Å². The third-order valence-electron chi connectivity index (χ3n) is 5.17. The van der Waals surface area contributed by atoms with Crippen LogP contribution in [0.15, 0.2) is 78.9 Å². The van der Waals surface area contributed by atoms with Crippen molar-refractivity contribution in [3.8, 4) is 0 Å². The average Bonchev–Trinajstić information content (AvgIpc) is 3.02. The third kappa shape index (κ3) is 3.77. The number of fused-ring (bicyclic) bond motifs is 1. The molecule has 2 atom stereocenters. The Kier molecular flexibility index (Phi) is 5.97. The van der Waals surface area contributed by atoms with E-state index in [1.54, 1.807) is 0 Å². The van der Waals surface area contributed by atoms with Crippen molar-refractivity contribution in [3.63, 3.8) is 0 Å². The van der Waals surface area contributed by atoms with Gasteiger partial charge in [-0.3, -0.25) is 0 Å². The summed E-state index contributed by atoms with van der Waals surface area (Å²) in [6.45, 7) is 0. The number of hydrogen-bond acceptors (Lipinski definition) is 2. The molecule has 3 aromatic carbocycles. The predicted octanol–water partition coefficient (Wildman–Crippen LogP) is 5.00. The van der Waals surface area contributed by atoms with Crippen LogP contribution in [-0.2, 0) is 12.8 Å². The maximum Gasteiger partial charge on any atom is 0.0672 e. The van der Waals surface area contributed by atoms with Gasteiger partial charge in [-0.1, -0.05) is 72.8 Å².